The lowest BCUT2D eigenvalue weighted by Gasteiger charge is -2.29. The van der Waals surface area contributed by atoms with Crippen LogP contribution >= 0.6 is 22.9 Å². The Hall–Kier alpha value is -0.800. The summed E-state index contributed by atoms with van der Waals surface area (Å²) in [4.78, 5) is 7.83. The number of piperidine rings is 1. The van der Waals surface area contributed by atoms with Crippen LogP contribution in [0.1, 0.15) is 19.3 Å². The Morgan fingerprint density at radius 1 is 1.25 bits per heavy atom. The molecule has 1 aliphatic rings. The van der Waals surface area contributed by atoms with Gasteiger partial charge in [-0.05, 0) is 36.8 Å². The molecule has 0 radical (unpaired) electrons. The van der Waals surface area contributed by atoms with Crippen molar-refractivity contribution >= 4 is 38.8 Å². The summed E-state index contributed by atoms with van der Waals surface area (Å²) in [5.74, 6) is 0. The highest BCUT2D eigenvalue weighted by molar-refractivity contribution is 7.16. The smallest absolute Gasteiger partial charge is 0.132 e. The molecule has 0 bridgehead atoms. The van der Waals surface area contributed by atoms with E-state index in [0.717, 1.165) is 17.9 Å². The van der Waals surface area contributed by atoms with Crippen LogP contribution in [0.5, 0.6) is 0 Å². The van der Waals surface area contributed by atoms with Gasteiger partial charge in [-0.3, -0.25) is 0 Å². The Balaban J connectivity index is 2.09. The van der Waals surface area contributed by atoms with Crippen molar-refractivity contribution in [2.75, 3.05) is 18.0 Å². The lowest BCUT2D eigenvalue weighted by molar-refractivity contribution is 0.579. The third-order valence-electron chi connectivity index (χ3n) is 3.08. The van der Waals surface area contributed by atoms with E-state index >= 15 is 0 Å². The van der Waals surface area contributed by atoms with Gasteiger partial charge in [0.15, 0.2) is 0 Å². The SMILES string of the molecule is Clc1cc(N2CCCCC2)c2ccsc2n1. The maximum atomic E-state index is 6.07. The molecule has 0 spiro atoms. The van der Waals surface area contributed by atoms with Crippen molar-refractivity contribution in [1.29, 1.82) is 0 Å². The molecule has 0 atom stereocenters. The number of pyridine rings is 1. The fourth-order valence-electron chi connectivity index (χ4n) is 2.30. The molecule has 0 aliphatic carbocycles. The van der Waals surface area contributed by atoms with Crippen LogP contribution < -0.4 is 4.90 Å². The lowest BCUT2D eigenvalue weighted by Crippen LogP contribution is -2.29. The number of nitrogens with zero attached hydrogens (tertiary/aromatic N) is 2. The standard InChI is InChI=1S/C12H13ClN2S/c13-11-8-10(15-5-2-1-3-6-15)9-4-7-16-12(9)14-11/h4,7-8H,1-3,5-6H2. The van der Waals surface area contributed by atoms with Crippen molar-refractivity contribution in [3.63, 3.8) is 0 Å². The highest BCUT2D eigenvalue weighted by atomic mass is 35.5. The van der Waals surface area contributed by atoms with Gasteiger partial charge < -0.3 is 4.90 Å². The minimum Gasteiger partial charge on any atom is -0.371 e. The first kappa shape index (κ1) is 10.4. The summed E-state index contributed by atoms with van der Waals surface area (Å²) in [5, 5.41) is 3.94. The molecule has 1 saturated heterocycles. The Kier molecular flexibility index (Phi) is 2.74. The van der Waals surface area contributed by atoms with E-state index in [-0.39, 0.29) is 0 Å². The van der Waals surface area contributed by atoms with Crippen molar-refractivity contribution < 1.29 is 0 Å². The molecule has 84 valence electrons. The Labute approximate surface area is 104 Å². The van der Waals surface area contributed by atoms with E-state index in [1.807, 2.05) is 6.07 Å². The molecular weight excluding hydrogens is 240 g/mol. The van der Waals surface area contributed by atoms with Gasteiger partial charge in [0, 0.05) is 18.5 Å². The number of hydrogen-bond donors (Lipinski definition) is 0. The van der Waals surface area contributed by atoms with E-state index < -0.39 is 0 Å². The second-order valence-corrected chi connectivity index (χ2v) is 5.43. The molecular formula is C12H13ClN2S. The summed E-state index contributed by atoms with van der Waals surface area (Å²) in [5.41, 5.74) is 1.26. The number of aromatic nitrogens is 1. The maximum Gasteiger partial charge on any atom is 0.132 e. The minimum absolute atomic E-state index is 0.607. The predicted molar refractivity (Wildman–Crippen MR) is 70.7 cm³/mol. The summed E-state index contributed by atoms with van der Waals surface area (Å²) in [6, 6.07) is 4.15. The zero-order chi connectivity index (χ0) is 11.0. The van der Waals surface area contributed by atoms with Crippen LogP contribution in [0.2, 0.25) is 5.15 Å². The molecule has 1 aliphatic heterocycles. The van der Waals surface area contributed by atoms with Gasteiger partial charge in [0.2, 0.25) is 0 Å². The molecule has 2 aromatic rings. The molecule has 0 unspecified atom stereocenters. The first-order chi connectivity index (χ1) is 7.84. The maximum absolute atomic E-state index is 6.07. The summed E-state index contributed by atoms with van der Waals surface area (Å²) in [6.07, 6.45) is 3.92. The van der Waals surface area contributed by atoms with Crippen LogP contribution in [-0.2, 0) is 0 Å². The van der Waals surface area contributed by atoms with Crippen LogP contribution in [0.3, 0.4) is 0 Å². The van der Waals surface area contributed by atoms with Crippen molar-refractivity contribution in [1.82, 2.24) is 4.98 Å². The molecule has 3 rings (SSSR count). The van der Waals surface area contributed by atoms with Crippen molar-refractivity contribution in [3.8, 4) is 0 Å². The largest absolute Gasteiger partial charge is 0.371 e. The van der Waals surface area contributed by atoms with Gasteiger partial charge in [-0.15, -0.1) is 11.3 Å². The van der Waals surface area contributed by atoms with E-state index in [0.29, 0.717) is 5.15 Å². The van der Waals surface area contributed by atoms with Crippen LogP contribution in [0.25, 0.3) is 10.2 Å². The highest BCUT2D eigenvalue weighted by Gasteiger charge is 2.15. The van der Waals surface area contributed by atoms with Crippen LogP contribution in [0, 0.1) is 0 Å². The average Bonchev–Trinajstić information content (AvgIpc) is 2.77. The summed E-state index contributed by atoms with van der Waals surface area (Å²) >= 11 is 7.73. The molecule has 4 heteroatoms. The van der Waals surface area contributed by atoms with E-state index in [1.165, 1.54) is 30.3 Å². The fourth-order valence-corrected chi connectivity index (χ4v) is 3.32. The van der Waals surface area contributed by atoms with Crippen molar-refractivity contribution in [3.05, 3.63) is 22.7 Å². The summed E-state index contributed by atoms with van der Waals surface area (Å²) in [6.45, 7) is 2.29. The Morgan fingerprint density at radius 3 is 2.88 bits per heavy atom. The first-order valence-electron chi connectivity index (χ1n) is 5.63. The van der Waals surface area contributed by atoms with Crippen LogP contribution in [0.4, 0.5) is 5.69 Å². The number of thiophene rings is 1. The molecule has 16 heavy (non-hydrogen) atoms. The van der Waals surface area contributed by atoms with Gasteiger partial charge in [0.25, 0.3) is 0 Å². The Morgan fingerprint density at radius 2 is 2.06 bits per heavy atom. The molecule has 2 nitrogen and oxygen atoms in total. The van der Waals surface area contributed by atoms with Gasteiger partial charge in [0.05, 0.1) is 5.69 Å². The minimum atomic E-state index is 0.607. The second kappa shape index (κ2) is 4.22. The van der Waals surface area contributed by atoms with Gasteiger partial charge >= 0.3 is 0 Å². The molecule has 0 saturated carbocycles. The van der Waals surface area contributed by atoms with Crippen LogP contribution in [-0.4, -0.2) is 18.1 Å². The molecule has 3 heterocycles. The van der Waals surface area contributed by atoms with Gasteiger partial charge in [-0.1, -0.05) is 11.6 Å². The van der Waals surface area contributed by atoms with E-state index in [4.69, 9.17) is 11.6 Å². The molecule has 0 N–H and O–H groups in total. The normalized spacial score (nSPS) is 16.9. The number of fused-ring (bicyclic) bond motifs is 1. The van der Waals surface area contributed by atoms with Crippen molar-refractivity contribution in [2.45, 2.75) is 19.3 Å². The highest BCUT2D eigenvalue weighted by Crippen LogP contribution is 2.33. The number of anilines is 1. The van der Waals surface area contributed by atoms with Gasteiger partial charge in [0.1, 0.15) is 9.98 Å². The zero-order valence-electron chi connectivity index (χ0n) is 8.95. The Bertz CT molecular complexity index is 503. The zero-order valence-corrected chi connectivity index (χ0v) is 10.5. The van der Waals surface area contributed by atoms with Crippen LogP contribution in [0.15, 0.2) is 17.5 Å². The van der Waals surface area contributed by atoms with Gasteiger partial charge in [-0.25, -0.2) is 4.98 Å². The average molecular weight is 253 g/mol. The molecule has 0 aromatic carbocycles. The summed E-state index contributed by atoms with van der Waals surface area (Å²) < 4.78 is 0. The lowest BCUT2D eigenvalue weighted by atomic mass is 10.1. The van der Waals surface area contributed by atoms with E-state index in [2.05, 4.69) is 21.3 Å². The number of halogens is 1. The summed E-state index contributed by atoms with van der Waals surface area (Å²) in [7, 11) is 0. The third-order valence-corrected chi connectivity index (χ3v) is 4.08. The first-order valence-corrected chi connectivity index (χ1v) is 6.89. The third kappa shape index (κ3) is 1.78. The predicted octanol–water partition coefficient (Wildman–Crippen LogP) is 3.94. The topological polar surface area (TPSA) is 16.1 Å². The van der Waals surface area contributed by atoms with Gasteiger partial charge in [-0.2, -0.15) is 0 Å². The monoisotopic (exact) mass is 252 g/mol. The number of hydrogen-bond acceptors (Lipinski definition) is 3. The molecule has 2 aromatic heterocycles. The number of rotatable bonds is 1. The second-order valence-electron chi connectivity index (χ2n) is 4.15. The quantitative estimate of drug-likeness (QED) is 0.715. The fraction of sp³-hybridized carbons (Fsp3) is 0.417. The van der Waals surface area contributed by atoms with E-state index in [1.54, 1.807) is 11.3 Å². The van der Waals surface area contributed by atoms with Crippen molar-refractivity contribution in [2.24, 2.45) is 0 Å². The molecule has 1 fully saturated rings. The molecule has 0 amide bonds. The van der Waals surface area contributed by atoms with E-state index in [9.17, 15) is 0 Å².